The van der Waals surface area contributed by atoms with Crippen molar-refractivity contribution in [2.45, 2.75) is 62.4 Å². The number of rotatable bonds is 5. The van der Waals surface area contributed by atoms with Gasteiger partial charge in [-0.15, -0.1) is 10.2 Å². The van der Waals surface area contributed by atoms with E-state index in [1.165, 1.54) is 0 Å². The van der Waals surface area contributed by atoms with E-state index in [1.807, 2.05) is 24.5 Å². The van der Waals surface area contributed by atoms with Crippen molar-refractivity contribution in [2.75, 3.05) is 13.1 Å². The molecule has 0 spiro atoms. The van der Waals surface area contributed by atoms with Crippen molar-refractivity contribution in [2.24, 2.45) is 0 Å². The van der Waals surface area contributed by atoms with Crippen LogP contribution in [-0.4, -0.2) is 52.5 Å². The molecule has 1 saturated heterocycles. The number of piperidine rings is 1. The second-order valence-corrected chi connectivity index (χ2v) is 9.99. The number of aryl methyl sites for hydroxylation is 1. The third-order valence-electron chi connectivity index (χ3n) is 5.68. The van der Waals surface area contributed by atoms with Crippen LogP contribution >= 0.6 is 0 Å². The molecule has 1 fully saturated rings. The minimum atomic E-state index is -3.48. The van der Waals surface area contributed by atoms with Gasteiger partial charge in [0.05, 0.1) is 4.90 Å². The van der Waals surface area contributed by atoms with E-state index in [0.717, 1.165) is 24.5 Å². The van der Waals surface area contributed by atoms with Crippen LogP contribution in [0.3, 0.4) is 0 Å². The van der Waals surface area contributed by atoms with Crippen LogP contribution in [0.4, 0.5) is 0 Å². The van der Waals surface area contributed by atoms with Gasteiger partial charge in [-0.1, -0.05) is 18.2 Å². The fourth-order valence-corrected chi connectivity index (χ4v) is 5.74. The standard InChI is InChI=1S/C20H27N5O3S/c1-14(2)21-20(26)17-8-9-18-22-23-19(25(17)18)15-10-12-24(13-11-15)29(27,28)16-6-4-3-5-7-16/h3-7,14-15,17H,8-13H2,1-2H3,(H,21,26). The van der Waals surface area contributed by atoms with Gasteiger partial charge in [-0.3, -0.25) is 4.79 Å². The maximum Gasteiger partial charge on any atom is 0.243 e. The summed E-state index contributed by atoms with van der Waals surface area (Å²) >= 11 is 0. The van der Waals surface area contributed by atoms with Crippen molar-refractivity contribution in [1.29, 1.82) is 0 Å². The summed E-state index contributed by atoms with van der Waals surface area (Å²) in [5.74, 6) is 1.77. The molecule has 1 aromatic carbocycles. The summed E-state index contributed by atoms with van der Waals surface area (Å²) in [4.78, 5) is 12.9. The Balaban J connectivity index is 1.49. The van der Waals surface area contributed by atoms with Gasteiger partial charge in [0.2, 0.25) is 15.9 Å². The molecule has 1 unspecified atom stereocenters. The highest BCUT2D eigenvalue weighted by Gasteiger charge is 2.37. The normalized spacial score (nSPS) is 20.7. The Labute approximate surface area is 171 Å². The number of hydrogen-bond donors (Lipinski definition) is 1. The first-order valence-corrected chi connectivity index (χ1v) is 11.6. The maximum absolute atomic E-state index is 12.9. The molecule has 1 atom stereocenters. The van der Waals surface area contributed by atoms with Gasteiger partial charge in [0.25, 0.3) is 0 Å². The largest absolute Gasteiger partial charge is 0.352 e. The van der Waals surface area contributed by atoms with Crippen LogP contribution < -0.4 is 5.32 Å². The van der Waals surface area contributed by atoms with Crippen molar-refractivity contribution in [1.82, 2.24) is 24.4 Å². The number of benzene rings is 1. The van der Waals surface area contributed by atoms with Crippen LogP contribution in [0.25, 0.3) is 0 Å². The zero-order valence-corrected chi connectivity index (χ0v) is 17.6. The molecule has 2 aliphatic heterocycles. The Morgan fingerprint density at radius 2 is 1.79 bits per heavy atom. The van der Waals surface area contributed by atoms with E-state index in [9.17, 15) is 13.2 Å². The fraction of sp³-hybridized carbons (Fsp3) is 0.550. The molecule has 3 heterocycles. The summed E-state index contributed by atoms with van der Waals surface area (Å²) < 4.78 is 29.2. The lowest BCUT2D eigenvalue weighted by molar-refractivity contribution is -0.124. The van der Waals surface area contributed by atoms with Crippen LogP contribution in [0.5, 0.6) is 0 Å². The SMILES string of the molecule is CC(C)NC(=O)C1CCc2nnc(C3CCN(S(=O)(=O)c4ccccc4)CC3)n21. The molecule has 1 amide bonds. The smallest absolute Gasteiger partial charge is 0.243 e. The molecule has 4 rings (SSSR count). The summed E-state index contributed by atoms with van der Waals surface area (Å²) in [7, 11) is -3.48. The molecule has 29 heavy (non-hydrogen) atoms. The highest BCUT2D eigenvalue weighted by atomic mass is 32.2. The lowest BCUT2D eigenvalue weighted by atomic mass is 9.97. The minimum Gasteiger partial charge on any atom is -0.352 e. The van der Waals surface area contributed by atoms with Gasteiger partial charge in [0, 0.05) is 31.5 Å². The Bertz CT molecular complexity index is 979. The second kappa shape index (κ2) is 7.87. The van der Waals surface area contributed by atoms with E-state index in [-0.39, 0.29) is 23.9 Å². The number of hydrogen-bond acceptors (Lipinski definition) is 5. The first-order valence-electron chi connectivity index (χ1n) is 10.2. The summed E-state index contributed by atoms with van der Waals surface area (Å²) in [6, 6.07) is 8.35. The van der Waals surface area contributed by atoms with Crippen LogP contribution in [0.1, 0.15) is 56.7 Å². The third kappa shape index (κ3) is 3.81. The fourth-order valence-electron chi connectivity index (χ4n) is 4.25. The molecule has 8 nitrogen and oxygen atoms in total. The summed E-state index contributed by atoms with van der Waals surface area (Å²) in [6.07, 6.45) is 2.81. The summed E-state index contributed by atoms with van der Waals surface area (Å²) in [6.45, 7) is 4.77. The number of nitrogens with zero attached hydrogens (tertiary/aromatic N) is 4. The molecule has 2 aliphatic rings. The number of amides is 1. The highest BCUT2D eigenvalue weighted by Crippen LogP contribution is 2.35. The predicted octanol–water partition coefficient (Wildman–Crippen LogP) is 1.86. The minimum absolute atomic E-state index is 0.00360. The van der Waals surface area contributed by atoms with E-state index >= 15 is 0 Å². The van der Waals surface area contributed by atoms with Gasteiger partial charge in [-0.2, -0.15) is 4.31 Å². The van der Waals surface area contributed by atoms with Gasteiger partial charge >= 0.3 is 0 Å². The van der Waals surface area contributed by atoms with Crippen LogP contribution in [0.2, 0.25) is 0 Å². The van der Waals surface area contributed by atoms with Gasteiger partial charge in [0.1, 0.15) is 17.7 Å². The third-order valence-corrected chi connectivity index (χ3v) is 7.59. The average Bonchev–Trinajstić information content (AvgIpc) is 3.30. The van der Waals surface area contributed by atoms with Crippen molar-refractivity contribution in [3.05, 3.63) is 42.0 Å². The quantitative estimate of drug-likeness (QED) is 0.801. The number of carbonyl (C=O) groups excluding carboxylic acids is 1. The van der Waals surface area contributed by atoms with E-state index in [4.69, 9.17) is 0 Å². The average molecular weight is 418 g/mol. The molecular formula is C20H27N5O3S. The number of aromatic nitrogens is 3. The molecule has 0 saturated carbocycles. The molecule has 0 radical (unpaired) electrons. The van der Waals surface area contributed by atoms with Crippen LogP contribution in [0, 0.1) is 0 Å². The highest BCUT2D eigenvalue weighted by molar-refractivity contribution is 7.89. The molecule has 156 valence electrons. The number of nitrogens with one attached hydrogen (secondary N) is 1. The molecular weight excluding hydrogens is 390 g/mol. The molecule has 1 N–H and O–H groups in total. The van der Waals surface area contributed by atoms with E-state index in [0.29, 0.717) is 30.8 Å². The van der Waals surface area contributed by atoms with Crippen molar-refractivity contribution in [3.8, 4) is 0 Å². The Morgan fingerprint density at radius 3 is 2.45 bits per heavy atom. The molecule has 9 heteroatoms. The van der Waals surface area contributed by atoms with Crippen LogP contribution in [-0.2, 0) is 21.2 Å². The Morgan fingerprint density at radius 1 is 1.10 bits per heavy atom. The summed E-state index contributed by atoms with van der Waals surface area (Å²) in [5, 5.41) is 11.7. The zero-order valence-electron chi connectivity index (χ0n) is 16.8. The van der Waals surface area contributed by atoms with Crippen molar-refractivity contribution in [3.63, 3.8) is 0 Å². The Kier molecular flexibility index (Phi) is 5.44. The maximum atomic E-state index is 12.9. The molecule has 1 aromatic heterocycles. The second-order valence-electron chi connectivity index (χ2n) is 8.05. The molecule has 0 bridgehead atoms. The number of sulfonamides is 1. The lowest BCUT2D eigenvalue weighted by Gasteiger charge is -2.31. The first-order chi connectivity index (χ1) is 13.9. The monoisotopic (exact) mass is 417 g/mol. The zero-order chi connectivity index (χ0) is 20.6. The van der Waals surface area contributed by atoms with E-state index < -0.39 is 10.0 Å². The molecule has 0 aliphatic carbocycles. The van der Waals surface area contributed by atoms with Crippen molar-refractivity contribution < 1.29 is 13.2 Å². The topological polar surface area (TPSA) is 97.2 Å². The lowest BCUT2D eigenvalue weighted by Crippen LogP contribution is -2.39. The van der Waals surface area contributed by atoms with Crippen molar-refractivity contribution >= 4 is 15.9 Å². The van der Waals surface area contributed by atoms with Crippen LogP contribution in [0.15, 0.2) is 35.2 Å². The van der Waals surface area contributed by atoms with Gasteiger partial charge < -0.3 is 9.88 Å². The predicted molar refractivity (Wildman–Crippen MR) is 108 cm³/mol. The number of fused-ring (bicyclic) bond motifs is 1. The van der Waals surface area contributed by atoms with Gasteiger partial charge in [-0.25, -0.2) is 8.42 Å². The Hall–Kier alpha value is -2.26. The number of carbonyl (C=O) groups is 1. The summed E-state index contributed by atoms with van der Waals surface area (Å²) in [5.41, 5.74) is 0. The van der Waals surface area contributed by atoms with E-state index in [2.05, 4.69) is 15.5 Å². The van der Waals surface area contributed by atoms with E-state index in [1.54, 1.807) is 28.6 Å². The van der Waals surface area contributed by atoms with Gasteiger partial charge in [-0.05, 0) is 45.2 Å². The van der Waals surface area contributed by atoms with Gasteiger partial charge in [0.15, 0.2) is 0 Å². The first kappa shape index (κ1) is 20.0. The molecule has 2 aromatic rings.